The molecule has 1 aliphatic carbocycles. The second kappa shape index (κ2) is 6.10. The summed E-state index contributed by atoms with van der Waals surface area (Å²) in [6, 6.07) is 10.1. The van der Waals surface area contributed by atoms with Crippen LogP contribution in [0.5, 0.6) is 5.75 Å². The summed E-state index contributed by atoms with van der Waals surface area (Å²) in [5.41, 5.74) is -1.52. The van der Waals surface area contributed by atoms with E-state index >= 15 is 0 Å². The molecule has 0 aliphatic heterocycles. The van der Waals surface area contributed by atoms with Crippen LogP contribution < -0.4 is 10.3 Å². The van der Waals surface area contributed by atoms with Gasteiger partial charge in [-0.15, -0.1) is 0 Å². The van der Waals surface area contributed by atoms with E-state index in [1.54, 1.807) is 24.3 Å². The van der Waals surface area contributed by atoms with Crippen LogP contribution in [0.25, 0.3) is 0 Å². The van der Waals surface area contributed by atoms with Crippen molar-refractivity contribution < 1.29 is 17.9 Å². The lowest BCUT2D eigenvalue weighted by Crippen LogP contribution is -2.29. The van der Waals surface area contributed by atoms with Crippen LogP contribution in [0.4, 0.5) is 13.2 Å². The second-order valence-corrected chi connectivity index (χ2v) is 5.73. The first-order valence-electron chi connectivity index (χ1n) is 7.42. The third-order valence-corrected chi connectivity index (χ3v) is 3.80. The fourth-order valence-corrected chi connectivity index (χ4v) is 2.40. The van der Waals surface area contributed by atoms with Crippen molar-refractivity contribution in [2.75, 3.05) is 0 Å². The first-order chi connectivity index (χ1) is 10.9. The van der Waals surface area contributed by atoms with Crippen molar-refractivity contribution in [1.82, 2.24) is 4.57 Å². The number of aromatic nitrogens is 1. The highest BCUT2D eigenvalue weighted by Crippen LogP contribution is 2.35. The maximum atomic E-state index is 13.3. The number of halogens is 3. The van der Waals surface area contributed by atoms with Crippen LogP contribution >= 0.6 is 0 Å². The van der Waals surface area contributed by atoms with E-state index in [0.29, 0.717) is 12.5 Å². The van der Waals surface area contributed by atoms with Crippen molar-refractivity contribution in [3.63, 3.8) is 0 Å². The van der Waals surface area contributed by atoms with E-state index in [1.807, 2.05) is 6.07 Å². The molecule has 0 bridgehead atoms. The maximum absolute atomic E-state index is 13.3. The Morgan fingerprint density at radius 3 is 2.43 bits per heavy atom. The molecule has 0 N–H and O–H groups in total. The fraction of sp³-hybridized carbons (Fsp3) is 0.353. The Bertz CT molecular complexity index is 734. The molecule has 6 heteroatoms. The van der Waals surface area contributed by atoms with Gasteiger partial charge in [0.05, 0.1) is 0 Å². The van der Waals surface area contributed by atoms with E-state index in [2.05, 4.69) is 0 Å². The topological polar surface area (TPSA) is 31.2 Å². The van der Waals surface area contributed by atoms with Gasteiger partial charge in [-0.05, 0) is 30.4 Å². The number of nitrogens with zero attached hydrogens (tertiary/aromatic N) is 1. The smallest absolute Gasteiger partial charge is 0.425 e. The average molecular weight is 323 g/mol. The van der Waals surface area contributed by atoms with Crippen molar-refractivity contribution in [3.05, 3.63) is 64.1 Å². The lowest BCUT2D eigenvalue weighted by molar-refractivity contribution is -0.140. The van der Waals surface area contributed by atoms with Gasteiger partial charge in [0, 0.05) is 12.7 Å². The van der Waals surface area contributed by atoms with Gasteiger partial charge in [-0.2, -0.15) is 13.2 Å². The molecule has 1 heterocycles. The number of hydrogen-bond donors (Lipinski definition) is 0. The van der Waals surface area contributed by atoms with Crippen LogP contribution in [-0.4, -0.2) is 4.57 Å². The minimum Gasteiger partial charge on any atom is -0.488 e. The molecule has 1 aliphatic rings. The molecule has 0 radical (unpaired) electrons. The molecule has 0 atom stereocenters. The van der Waals surface area contributed by atoms with E-state index in [-0.39, 0.29) is 6.61 Å². The SMILES string of the molecule is O=c1c(C(F)(F)F)c(OCc2ccccc2)ccn1CC1CC1. The average Bonchev–Trinajstić information content (AvgIpc) is 3.31. The molecule has 3 rings (SSSR count). The highest BCUT2D eigenvalue weighted by molar-refractivity contribution is 5.33. The summed E-state index contributed by atoms with van der Waals surface area (Å²) < 4.78 is 46.2. The van der Waals surface area contributed by atoms with Crippen LogP contribution in [-0.2, 0) is 19.3 Å². The molecular weight excluding hydrogens is 307 g/mol. The fourth-order valence-electron chi connectivity index (χ4n) is 2.40. The lowest BCUT2D eigenvalue weighted by atomic mass is 10.2. The highest BCUT2D eigenvalue weighted by Gasteiger charge is 2.39. The molecule has 0 unspecified atom stereocenters. The van der Waals surface area contributed by atoms with Crippen molar-refractivity contribution >= 4 is 0 Å². The normalized spacial score (nSPS) is 14.7. The largest absolute Gasteiger partial charge is 0.488 e. The van der Waals surface area contributed by atoms with E-state index in [1.165, 1.54) is 12.3 Å². The molecule has 0 amide bonds. The van der Waals surface area contributed by atoms with Gasteiger partial charge in [0.15, 0.2) is 5.56 Å². The Hall–Kier alpha value is -2.24. The predicted octanol–water partition coefficient (Wildman–Crippen LogP) is 3.86. The first kappa shape index (κ1) is 15.6. The third-order valence-electron chi connectivity index (χ3n) is 3.80. The molecule has 0 spiro atoms. The summed E-state index contributed by atoms with van der Waals surface area (Å²) in [6.45, 7) is 0.316. The van der Waals surface area contributed by atoms with Crippen LogP contribution in [0, 0.1) is 5.92 Å². The molecule has 2 aromatic rings. The van der Waals surface area contributed by atoms with E-state index in [9.17, 15) is 18.0 Å². The Kier molecular flexibility index (Phi) is 4.15. The number of alkyl halides is 3. The molecule has 1 aromatic heterocycles. The summed E-state index contributed by atoms with van der Waals surface area (Å²) in [4.78, 5) is 12.2. The molecule has 122 valence electrons. The summed E-state index contributed by atoms with van der Waals surface area (Å²) in [5.74, 6) is -0.108. The van der Waals surface area contributed by atoms with Crippen LogP contribution in [0.1, 0.15) is 24.0 Å². The van der Waals surface area contributed by atoms with Gasteiger partial charge >= 0.3 is 6.18 Å². The molecule has 1 aromatic carbocycles. The second-order valence-electron chi connectivity index (χ2n) is 5.73. The van der Waals surface area contributed by atoms with Gasteiger partial charge in [0.1, 0.15) is 12.4 Å². The van der Waals surface area contributed by atoms with Gasteiger partial charge in [-0.25, -0.2) is 0 Å². The zero-order valence-corrected chi connectivity index (χ0v) is 12.3. The summed E-state index contributed by atoms with van der Waals surface area (Å²) >= 11 is 0. The maximum Gasteiger partial charge on any atom is 0.425 e. The van der Waals surface area contributed by atoms with Gasteiger partial charge < -0.3 is 9.30 Å². The Balaban J connectivity index is 1.89. The molecular formula is C17H16F3NO2. The lowest BCUT2D eigenvalue weighted by Gasteiger charge is -2.15. The summed E-state index contributed by atoms with van der Waals surface area (Å²) in [5, 5.41) is 0. The Morgan fingerprint density at radius 2 is 1.83 bits per heavy atom. The number of ether oxygens (including phenoxy) is 1. The predicted molar refractivity (Wildman–Crippen MR) is 79.2 cm³/mol. The van der Waals surface area contributed by atoms with E-state index in [0.717, 1.165) is 23.0 Å². The Morgan fingerprint density at radius 1 is 1.13 bits per heavy atom. The number of rotatable bonds is 5. The minimum absolute atomic E-state index is 0.0179. The van der Waals surface area contributed by atoms with Crippen molar-refractivity contribution in [2.24, 2.45) is 5.92 Å². The van der Waals surface area contributed by atoms with Gasteiger partial charge in [-0.1, -0.05) is 30.3 Å². The summed E-state index contributed by atoms with van der Waals surface area (Å²) in [6.07, 6.45) is -1.44. The summed E-state index contributed by atoms with van der Waals surface area (Å²) in [7, 11) is 0. The molecule has 3 nitrogen and oxygen atoms in total. The van der Waals surface area contributed by atoms with Crippen molar-refractivity contribution in [1.29, 1.82) is 0 Å². The number of hydrogen-bond acceptors (Lipinski definition) is 2. The quantitative estimate of drug-likeness (QED) is 0.837. The monoisotopic (exact) mass is 323 g/mol. The minimum atomic E-state index is -4.74. The zero-order valence-electron chi connectivity index (χ0n) is 12.3. The number of pyridine rings is 1. The zero-order chi connectivity index (χ0) is 16.4. The van der Waals surface area contributed by atoms with E-state index < -0.39 is 23.0 Å². The molecule has 1 fully saturated rings. The van der Waals surface area contributed by atoms with Crippen LogP contribution in [0.2, 0.25) is 0 Å². The molecule has 1 saturated carbocycles. The van der Waals surface area contributed by atoms with Gasteiger partial charge in [0.2, 0.25) is 0 Å². The standard InChI is InChI=1S/C17H16F3NO2/c18-17(19,20)15-14(23-11-13-4-2-1-3-5-13)8-9-21(16(15)22)10-12-6-7-12/h1-5,8-9,12H,6-7,10-11H2. The third kappa shape index (κ3) is 3.75. The first-order valence-corrected chi connectivity index (χ1v) is 7.42. The van der Waals surface area contributed by atoms with Gasteiger partial charge in [0.25, 0.3) is 5.56 Å². The van der Waals surface area contributed by atoms with Crippen LogP contribution in [0.15, 0.2) is 47.4 Å². The van der Waals surface area contributed by atoms with E-state index in [4.69, 9.17) is 4.74 Å². The highest BCUT2D eigenvalue weighted by atomic mass is 19.4. The van der Waals surface area contributed by atoms with Crippen LogP contribution in [0.3, 0.4) is 0 Å². The number of benzene rings is 1. The van der Waals surface area contributed by atoms with Crippen molar-refractivity contribution in [2.45, 2.75) is 32.2 Å². The van der Waals surface area contributed by atoms with Crippen molar-refractivity contribution in [3.8, 4) is 5.75 Å². The Labute approximate surface area is 131 Å². The van der Waals surface area contributed by atoms with Gasteiger partial charge in [-0.3, -0.25) is 4.79 Å². The molecule has 23 heavy (non-hydrogen) atoms. The molecule has 0 saturated heterocycles.